The molecule has 0 amide bonds. The standard InChI is InChI=1S/C2H5N2P/c1-3-2-5-4-1/h1,5H,2H2,(H,3,4). The average Bonchev–Trinajstić information content (AvgIpc) is 1.76. The lowest BCUT2D eigenvalue weighted by molar-refractivity contribution is 1.42. The van der Waals surface area contributed by atoms with Crippen LogP contribution in [0.4, 0.5) is 0 Å². The molecule has 1 aliphatic heterocycles. The number of rotatable bonds is 0. The predicted octanol–water partition coefficient (Wildman–Crippen LogP) is 0.169. The Morgan fingerprint density at radius 2 is 3.00 bits per heavy atom. The smallest absolute Gasteiger partial charge is 0.0859 e. The van der Waals surface area contributed by atoms with Gasteiger partial charge in [0, 0.05) is 0 Å². The first-order valence-electron chi connectivity index (χ1n) is 1.47. The van der Waals surface area contributed by atoms with Crippen LogP contribution >= 0.6 is 8.73 Å². The van der Waals surface area contributed by atoms with Crippen LogP contribution in [0.2, 0.25) is 0 Å². The first-order valence-corrected chi connectivity index (χ1v) is 2.67. The molecule has 0 saturated heterocycles. The summed E-state index contributed by atoms with van der Waals surface area (Å²) >= 11 is 0. The second-order valence-electron chi connectivity index (χ2n) is 0.791. The molecule has 0 aromatic carbocycles. The molecule has 28 valence electrons. The van der Waals surface area contributed by atoms with Crippen LogP contribution in [-0.2, 0) is 0 Å². The zero-order valence-corrected chi connectivity index (χ0v) is 3.73. The molecule has 0 radical (unpaired) electrons. The number of hydrogen-bond donors (Lipinski definition) is 1. The molecule has 0 aromatic heterocycles. The van der Waals surface area contributed by atoms with Gasteiger partial charge in [-0.2, -0.15) is 0 Å². The molecule has 0 aromatic rings. The van der Waals surface area contributed by atoms with E-state index in [0.717, 1.165) is 15.0 Å². The first-order chi connectivity index (χ1) is 2.50. The topological polar surface area (TPSA) is 24.4 Å². The molecule has 0 bridgehead atoms. The van der Waals surface area contributed by atoms with Crippen molar-refractivity contribution in [2.24, 2.45) is 4.99 Å². The summed E-state index contributed by atoms with van der Waals surface area (Å²) in [5.41, 5.74) is 0. The van der Waals surface area contributed by atoms with Gasteiger partial charge in [0.1, 0.15) is 0 Å². The number of hydrogen-bond acceptors (Lipinski definition) is 2. The molecule has 1 atom stereocenters. The lowest BCUT2D eigenvalue weighted by atomic mass is 11.3. The Morgan fingerprint density at radius 1 is 2.00 bits per heavy atom. The highest BCUT2D eigenvalue weighted by Gasteiger charge is 1.82. The van der Waals surface area contributed by atoms with Crippen LogP contribution in [0.25, 0.3) is 0 Å². The SMILES string of the molecule is C1=NCPN1. The third kappa shape index (κ3) is 0.586. The van der Waals surface area contributed by atoms with Crippen LogP contribution in [0, 0.1) is 0 Å². The predicted molar refractivity (Wildman–Crippen MR) is 24.8 cm³/mol. The van der Waals surface area contributed by atoms with Gasteiger partial charge in [-0.3, -0.25) is 4.99 Å². The molecule has 1 N–H and O–H groups in total. The van der Waals surface area contributed by atoms with Crippen molar-refractivity contribution in [3.63, 3.8) is 0 Å². The minimum atomic E-state index is 0.836. The summed E-state index contributed by atoms with van der Waals surface area (Å²) in [6.07, 6.45) is 2.73. The maximum Gasteiger partial charge on any atom is 0.0859 e. The third-order valence-electron chi connectivity index (χ3n) is 0.428. The maximum absolute atomic E-state index is 3.86. The molecular weight excluding hydrogens is 83.0 g/mol. The third-order valence-corrected chi connectivity index (χ3v) is 1.10. The zero-order valence-electron chi connectivity index (χ0n) is 2.73. The minimum Gasteiger partial charge on any atom is -0.356 e. The summed E-state index contributed by atoms with van der Waals surface area (Å²) in [4.78, 5) is 3.86. The highest BCUT2D eigenvalue weighted by Crippen LogP contribution is 2.04. The Hall–Kier alpha value is -0.100. The fraction of sp³-hybridized carbons (Fsp3) is 0.500. The van der Waals surface area contributed by atoms with Crippen LogP contribution < -0.4 is 5.09 Å². The van der Waals surface area contributed by atoms with Crippen LogP contribution in [-0.4, -0.2) is 12.6 Å². The molecule has 1 unspecified atom stereocenters. The van der Waals surface area contributed by atoms with Crippen molar-refractivity contribution in [3.05, 3.63) is 0 Å². The number of nitrogens with one attached hydrogen (secondary N) is 1. The van der Waals surface area contributed by atoms with Gasteiger partial charge in [0.2, 0.25) is 0 Å². The monoisotopic (exact) mass is 88.0 g/mol. The summed E-state index contributed by atoms with van der Waals surface area (Å²) < 4.78 is 0. The Labute approximate surface area is 32.5 Å². The molecule has 0 aliphatic carbocycles. The summed E-state index contributed by atoms with van der Waals surface area (Å²) in [7, 11) is 0.836. The lowest BCUT2D eigenvalue weighted by Crippen LogP contribution is -1.85. The zero-order chi connectivity index (χ0) is 3.54. The molecule has 3 heteroatoms. The van der Waals surface area contributed by atoms with Crippen LogP contribution in [0.15, 0.2) is 4.99 Å². The van der Waals surface area contributed by atoms with E-state index in [1.807, 2.05) is 0 Å². The highest BCUT2D eigenvalue weighted by molar-refractivity contribution is 7.36. The first kappa shape index (κ1) is 3.10. The van der Waals surface area contributed by atoms with E-state index in [1.165, 1.54) is 0 Å². The molecule has 1 aliphatic rings. The Kier molecular flexibility index (Phi) is 0.848. The van der Waals surface area contributed by atoms with Crippen molar-refractivity contribution in [3.8, 4) is 0 Å². The van der Waals surface area contributed by atoms with Crippen molar-refractivity contribution in [1.82, 2.24) is 5.09 Å². The molecule has 0 saturated carbocycles. The molecule has 0 spiro atoms. The Morgan fingerprint density at radius 3 is 3.20 bits per heavy atom. The van der Waals surface area contributed by atoms with Gasteiger partial charge in [-0.15, -0.1) is 0 Å². The molecule has 1 rings (SSSR count). The van der Waals surface area contributed by atoms with Crippen LogP contribution in [0.5, 0.6) is 0 Å². The fourth-order valence-corrected chi connectivity index (χ4v) is 0.685. The van der Waals surface area contributed by atoms with Crippen LogP contribution in [0.3, 0.4) is 0 Å². The minimum absolute atomic E-state index is 0.836. The molecule has 5 heavy (non-hydrogen) atoms. The van der Waals surface area contributed by atoms with Crippen molar-refractivity contribution >= 4 is 15.1 Å². The summed E-state index contributed by atoms with van der Waals surface area (Å²) in [5, 5.41) is 2.96. The second-order valence-corrected chi connectivity index (χ2v) is 1.75. The Bertz CT molecular complexity index is 45.6. The van der Waals surface area contributed by atoms with Crippen molar-refractivity contribution < 1.29 is 0 Å². The van der Waals surface area contributed by atoms with E-state index >= 15 is 0 Å². The quantitative estimate of drug-likeness (QED) is 0.419. The van der Waals surface area contributed by atoms with E-state index < -0.39 is 0 Å². The van der Waals surface area contributed by atoms with Crippen molar-refractivity contribution in [1.29, 1.82) is 0 Å². The van der Waals surface area contributed by atoms with E-state index in [-0.39, 0.29) is 0 Å². The van der Waals surface area contributed by atoms with Gasteiger partial charge in [-0.1, -0.05) is 0 Å². The van der Waals surface area contributed by atoms with Gasteiger partial charge in [0.05, 0.1) is 12.6 Å². The Balaban J connectivity index is 2.32. The lowest BCUT2D eigenvalue weighted by Gasteiger charge is -1.75. The molecule has 2 nitrogen and oxygen atoms in total. The summed E-state index contributed by atoms with van der Waals surface area (Å²) in [6.45, 7) is 0. The van der Waals surface area contributed by atoms with Crippen LogP contribution in [0.1, 0.15) is 0 Å². The number of aliphatic imine (C=N–C) groups is 1. The molecule has 0 fully saturated rings. The molecular formula is C2H5N2P. The van der Waals surface area contributed by atoms with Gasteiger partial charge in [-0.05, 0) is 8.73 Å². The largest absolute Gasteiger partial charge is 0.356 e. The second kappa shape index (κ2) is 1.37. The summed E-state index contributed by atoms with van der Waals surface area (Å²) in [5.74, 6) is 0. The normalized spacial score (nSPS) is 24.0. The van der Waals surface area contributed by atoms with E-state index in [9.17, 15) is 0 Å². The van der Waals surface area contributed by atoms with E-state index in [4.69, 9.17) is 0 Å². The van der Waals surface area contributed by atoms with E-state index in [2.05, 4.69) is 10.1 Å². The van der Waals surface area contributed by atoms with E-state index in [0.29, 0.717) is 0 Å². The van der Waals surface area contributed by atoms with Gasteiger partial charge >= 0.3 is 0 Å². The number of nitrogens with zero attached hydrogens (tertiary/aromatic N) is 1. The maximum atomic E-state index is 3.86. The fourth-order valence-electron chi connectivity index (χ4n) is 0.228. The van der Waals surface area contributed by atoms with Gasteiger partial charge < -0.3 is 5.09 Å². The molecule has 1 heterocycles. The highest BCUT2D eigenvalue weighted by atomic mass is 31.1. The van der Waals surface area contributed by atoms with E-state index in [1.54, 1.807) is 6.34 Å². The van der Waals surface area contributed by atoms with Gasteiger partial charge in [0.25, 0.3) is 0 Å². The van der Waals surface area contributed by atoms with Gasteiger partial charge in [0.15, 0.2) is 0 Å². The van der Waals surface area contributed by atoms with Crippen molar-refractivity contribution in [2.45, 2.75) is 0 Å². The van der Waals surface area contributed by atoms with Crippen molar-refractivity contribution in [2.75, 3.05) is 6.29 Å². The summed E-state index contributed by atoms with van der Waals surface area (Å²) in [6, 6.07) is 0. The average molecular weight is 88.0 g/mol. The van der Waals surface area contributed by atoms with Gasteiger partial charge in [-0.25, -0.2) is 0 Å².